The van der Waals surface area contributed by atoms with Crippen LogP contribution in [-0.2, 0) is 0 Å². The zero-order chi connectivity index (χ0) is 17.1. The maximum Gasteiger partial charge on any atom is 0.314 e. The molecule has 1 aromatic carbocycles. The summed E-state index contributed by atoms with van der Waals surface area (Å²) in [6.07, 6.45) is 2.62. The first kappa shape index (κ1) is 16.0. The van der Waals surface area contributed by atoms with Gasteiger partial charge in [-0.3, -0.25) is 4.79 Å². The highest BCUT2D eigenvalue weighted by atomic mass is 16.2. The molecule has 2 N–H and O–H groups in total. The van der Waals surface area contributed by atoms with Gasteiger partial charge in [0, 0.05) is 37.9 Å². The molecule has 7 heteroatoms. The number of nitrogens with two attached hydrogens (primary N) is 1. The number of aromatic nitrogens is 2. The van der Waals surface area contributed by atoms with Crippen molar-refractivity contribution in [2.24, 2.45) is 5.73 Å². The Labute approximate surface area is 140 Å². The highest BCUT2D eigenvalue weighted by Gasteiger charge is 2.21. The fraction of sp³-hybridized carbons (Fsp3) is 0.353. The molecular weight excluding hydrogens is 306 g/mol. The Balaban J connectivity index is 1.70. The SMILES string of the molecule is Cc1ccn(-c2ccc(C(=O)N3CCCN(C(N)=O)CC3)cc2)n1. The third-order valence-electron chi connectivity index (χ3n) is 4.20. The van der Waals surface area contributed by atoms with Gasteiger partial charge in [0.25, 0.3) is 5.91 Å². The molecule has 2 aromatic rings. The van der Waals surface area contributed by atoms with E-state index in [1.54, 1.807) is 14.5 Å². The van der Waals surface area contributed by atoms with Crippen LogP contribution in [0.3, 0.4) is 0 Å². The first-order valence-corrected chi connectivity index (χ1v) is 8.01. The highest BCUT2D eigenvalue weighted by molar-refractivity contribution is 5.94. The van der Waals surface area contributed by atoms with Crippen LogP contribution >= 0.6 is 0 Å². The average molecular weight is 327 g/mol. The van der Waals surface area contributed by atoms with Gasteiger partial charge in [-0.25, -0.2) is 9.48 Å². The first-order valence-electron chi connectivity index (χ1n) is 8.01. The Bertz CT molecular complexity index is 738. The van der Waals surface area contributed by atoms with Crippen LogP contribution in [0.2, 0.25) is 0 Å². The largest absolute Gasteiger partial charge is 0.351 e. The Kier molecular flexibility index (Phi) is 4.50. The lowest BCUT2D eigenvalue weighted by Gasteiger charge is -2.21. The number of aryl methyl sites for hydroxylation is 1. The number of benzene rings is 1. The predicted molar refractivity (Wildman–Crippen MR) is 90.0 cm³/mol. The molecule has 1 aliphatic heterocycles. The summed E-state index contributed by atoms with van der Waals surface area (Å²) in [5.74, 6) is -0.0236. The van der Waals surface area contributed by atoms with E-state index in [4.69, 9.17) is 5.73 Å². The van der Waals surface area contributed by atoms with E-state index < -0.39 is 6.03 Å². The summed E-state index contributed by atoms with van der Waals surface area (Å²) < 4.78 is 1.78. The standard InChI is InChI=1S/C17H21N5O2/c1-13-7-10-22(19-13)15-5-3-14(4-6-15)16(23)20-8-2-9-21(12-11-20)17(18)24/h3-7,10H,2,8-9,11-12H2,1H3,(H2,18,24). The number of hydrogen-bond donors (Lipinski definition) is 1. The van der Waals surface area contributed by atoms with Crippen LogP contribution in [0.25, 0.3) is 5.69 Å². The molecule has 0 radical (unpaired) electrons. The van der Waals surface area contributed by atoms with E-state index in [-0.39, 0.29) is 5.91 Å². The van der Waals surface area contributed by atoms with Crippen LogP contribution in [0, 0.1) is 6.92 Å². The van der Waals surface area contributed by atoms with E-state index >= 15 is 0 Å². The van der Waals surface area contributed by atoms with Crippen molar-refractivity contribution in [3.63, 3.8) is 0 Å². The van der Waals surface area contributed by atoms with E-state index in [1.807, 2.05) is 43.5 Å². The molecule has 1 aromatic heterocycles. The van der Waals surface area contributed by atoms with Crippen LogP contribution in [0.15, 0.2) is 36.5 Å². The van der Waals surface area contributed by atoms with E-state index in [0.29, 0.717) is 31.7 Å². The normalized spacial score (nSPS) is 15.2. The van der Waals surface area contributed by atoms with Crippen LogP contribution < -0.4 is 5.73 Å². The quantitative estimate of drug-likeness (QED) is 0.905. The second kappa shape index (κ2) is 6.74. The Morgan fingerprint density at radius 1 is 1.00 bits per heavy atom. The molecule has 0 atom stereocenters. The van der Waals surface area contributed by atoms with Crippen molar-refractivity contribution < 1.29 is 9.59 Å². The van der Waals surface area contributed by atoms with Crippen molar-refractivity contribution in [1.82, 2.24) is 19.6 Å². The van der Waals surface area contributed by atoms with Gasteiger partial charge in [0.2, 0.25) is 0 Å². The van der Waals surface area contributed by atoms with Crippen LogP contribution in [-0.4, -0.2) is 57.7 Å². The Morgan fingerprint density at radius 2 is 1.67 bits per heavy atom. The maximum absolute atomic E-state index is 12.6. The topological polar surface area (TPSA) is 84.5 Å². The molecule has 24 heavy (non-hydrogen) atoms. The van der Waals surface area contributed by atoms with Crippen molar-refractivity contribution in [2.75, 3.05) is 26.2 Å². The molecule has 1 fully saturated rings. The molecule has 2 heterocycles. The van der Waals surface area contributed by atoms with Crippen molar-refractivity contribution in [2.45, 2.75) is 13.3 Å². The van der Waals surface area contributed by atoms with Crippen LogP contribution in [0.4, 0.5) is 4.79 Å². The lowest BCUT2D eigenvalue weighted by molar-refractivity contribution is 0.0762. The number of amides is 3. The molecule has 1 aliphatic rings. The second-order valence-corrected chi connectivity index (χ2v) is 5.92. The van der Waals surface area contributed by atoms with E-state index in [1.165, 1.54) is 0 Å². The Hall–Kier alpha value is -2.83. The number of urea groups is 1. The minimum Gasteiger partial charge on any atom is -0.351 e. The molecule has 0 spiro atoms. The fourth-order valence-electron chi connectivity index (χ4n) is 2.84. The molecule has 7 nitrogen and oxygen atoms in total. The molecular formula is C17H21N5O2. The average Bonchev–Trinajstić information content (AvgIpc) is 2.86. The number of carbonyl (C=O) groups excluding carboxylic acids is 2. The van der Waals surface area contributed by atoms with E-state index in [9.17, 15) is 9.59 Å². The molecule has 1 saturated heterocycles. The van der Waals surface area contributed by atoms with Gasteiger partial charge in [-0.1, -0.05) is 0 Å². The molecule has 0 bridgehead atoms. The van der Waals surface area contributed by atoms with Crippen molar-refractivity contribution in [3.05, 3.63) is 47.8 Å². The predicted octanol–water partition coefficient (Wildman–Crippen LogP) is 1.41. The molecule has 126 valence electrons. The lowest BCUT2D eigenvalue weighted by Crippen LogP contribution is -2.39. The molecule has 0 saturated carbocycles. The molecule has 3 amide bonds. The smallest absolute Gasteiger partial charge is 0.314 e. The minimum atomic E-state index is -0.428. The molecule has 3 rings (SSSR count). The summed E-state index contributed by atoms with van der Waals surface area (Å²) in [5, 5.41) is 4.35. The summed E-state index contributed by atoms with van der Waals surface area (Å²) >= 11 is 0. The maximum atomic E-state index is 12.6. The monoisotopic (exact) mass is 327 g/mol. The summed E-state index contributed by atoms with van der Waals surface area (Å²) in [6, 6.07) is 8.89. The van der Waals surface area contributed by atoms with Gasteiger partial charge < -0.3 is 15.5 Å². The number of rotatable bonds is 2. The summed E-state index contributed by atoms with van der Waals surface area (Å²) in [5.41, 5.74) is 7.81. The number of carbonyl (C=O) groups is 2. The minimum absolute atomic E-state index is 0.0236. The van der Waals surface area contributed by atoms with E-state index in [2.05, 4.69) is 5.10 Å². The number of hydrogen-bond acceptors (Lipinski definition) is 3. The van der Waals surface area contributed by atoms with Gasteiger partial charge in [0.1, 0.15) is 0 Å². The fourth-order valence-corrected chi connectivity index (χ4v) is 2.84. The number of primary amides is 1. The number of nitrogens with zero attached hydrogens (tertiary/aromatic N) is 4. The lowest BCUT2D eigenvalue weighted by atomic mass is 10.1. The van der Waals surface area contributed by atoms with Gasteiger partial charge in [0.05, 0.1) is 11.4 Å². The summed E-state index contributed by atoms with van der Waals surface area (Å²) in [4.78, 5) is 27.3. The van der Waals surface area contributed by atoms with Gasteiger partial charge in [-0.05, 0) is 43.7 Å². The van der Waals surface area contributed by atoms with Gasteiger partial charge in [-0.15, -0.1) is 0 Å². The third-order valence-corrected chi connectivity index (χ3v) is 4.20. The van der Waals surface area contributed by atoms with Crippen molar-refractivity contribution >= 4 is 11.9 Å². The highest BCUT2D eigenvalue weighted by Crippen LogP contribution is 2.13. The van der Waals surface area contributed by atoms with Gasteiger partial charge in [0.15, 0.2) is 0 Å². The zero-order valence-electron chi connectivity index (χ0n) is 13.7. The summed E-state index contributed by atoms with van der Waals surface area (Å²) in [7, 11) is 0. The molecule has 0 aliphatic carbocycles. The van der Waals surface area contributed by atoms with Crippen LogP contribution in [0.5, 0.6) is 0 Å². The second-order valence-electron chi connectivity index (χ2n) is 5.92. The Morgan fingerprint density at radius 3 is 2.29 bits per heavy atom. The van der Waals surface area contributed by atoms with Gasteiger partial charge >= 0.3 is 6.03 Å². The molecule has 0 unspecified atom stereocenters. The van der Waals surface area contributed by atoms with Crippen LogP contribution in [0.1, 0.15) is 22.5 Å². The summed E-state index contributed by atoms with van der Waals surface area (Å²) in [6.45, 7) is 4.14. The van der Waals surface area contributed by atoms with Crippen molar-refractivity contribution in [3.8, 4) is 5.69 Å². The van der Waals surface area contributed by atoms with Crippen molar-refractivity contribution in [1.29, 1.82) is 0 Å². The first-order chi connectivity index (χ1) is 11.5. The third kappa shape index (κ3) is 3.40. The zero-order valence-corrected chi connectivity index (χ0v) is 13.7. The van der Waals surface area contributed by atoms with Gasteiger partial charge in [-0.2, -0.15) is 5.10 Å². The van der Waals surface area contributed by atoms with E-state index in [0.717, 1.165) is 17.8 Å².